The molecule has 72 valence electrons. The van der Waals surface area contributed by atoms with Gasteiger partial charge in [-0.2, -0.15) is 0 Å². The number of carboxylic acids is 1. The molecule has 0 amide bonds. The Bertz CT molecular complexity index is 148. The molecule has 0 saturated carbocycles. The zero-order chi connectivity index (χ0) is 9.72. The minimum absolute atomic E-state index is 0.122. The van der Waals surface area contributed by atoms with Crippen LogP contribution in [0.5, 0.6) is 0 Å². The largest absolute Gasteiger partial charge is 0.481 e. The lowest BCUT2D eigenvalue weighted by Gasteiger charge is -2.19. The maximum Gasteiger partial charge on any atom is 0.306 e. The number of rotatable bonds is 5. The van der Waals surface area contributed by atoms with Gasteiger partial charge in [-0.1, -0.05) is 0 Å². The van der Waals surface area contributed by atoms with Gasteiger partial charge in [-0.05, 0) is 13.8 Å². The van der Waals surface area contributed by atoms with Crippen LogP contribution in [0.1, 0.15) is 20.3 Å². The van der Waals surface area contributed by atoms with Crippen LogP contribution in [-0.2, 0) is 9.53 Å². The van der Waals surface area contributed by atoms with Crippen molar-refractivity contribution in [2.75, 3.05) is 0 Å². The normalized spacial score (nSPS) is 16.1. The molecule has 0 rings (SSSR count). The van der Waals surface area contributed by atoms with Crippen LogP contribution >= 0.6 is 0 Å². The molecule has 0 heterocycles. The standard InChI is InChI=1S/C7H15NO4/c1-4(2)12-7(8)5(9)3-6(10)11/h4-5,7,9H,3,8H2,1-2H3,(H,10,11)/t5-,7-/m0/s1. The maximum absolute atomic E-state index is 10.1. The van der Waals surface area contributed by atoms with E-state index < -0.39 is 24.7 Å². The van der Waals surface area contributed by atoms with E-state index in [9.17, 15) is 4.79 Å². The van der Waals surface area contributed by atoms with E-state index in [1.165, 1.54) is 0 Å². The SMILES string of the molecule is CC(C)O[C@H](N)[C@@H](O)CC(=O)O. The summed E-state index contributed by atoms with van der Waals surface area (Å²) in [5.41, 5.74) is 5.33. The second-order valence-corrected chi connectivity index (χ2v) is 2.81. The van der Waals surface area contributed by atoms with Gasteiger partial charge in [0.25, 0.3) is 0 Å². The summed E-state index contributed by atoms with van der Waals surface area (Å²) in [5, 5.41) is 17.4. The number of carboxylic acid groups (broad SMARTS) is 1. The first kappa shape index (κ1) is 11.4. The summed E-state index contributed by atoms with van der Waals surface area (Å²) in [6.07, 6.45) is -2.59. The first-order valence-electron chi connectivity index (χ1n) is 3.74. The molecule has 0 saturated heterocycles. The van der Waals surface area contributed by atoms with E-state index in [2.05, 4.69) is 0 Å². The lowest BCUT2D eigenvalue weighted by Crippen LogP contribution is -2.40. The number of ether oxygens (including phenoxy) is 1. The zero-order valence-corrected chi connectivity index (χ0v) is 7.23. The van der Waals surface area contributed by atoms with E-state index in [0.717, 1.165) is 0 Å². The second-order valence-electron chi connectivity index (χ2n) is 2.81. The van der Waals surface area contributed by atoms with Crippen LogP contribution in [0.25, 0.3) is 0 Å². The Kier molecular flexibility index (Phi) is 4.80. The summed E-state index contributed by atoms with van der Waals surface area (Å²) < 4.78 is 4.98. The highest BCUT2D eigenvalue weighted by molar-refractivity contribution is 5.67. The summed E-state index contributed by atoms with van der Waals surface area (Å²) in [4.78, 5) is 10.1. The van der Waals surface area contributed by atoms with Gasteiger partial charge in [0.1, 0.15) is 12.3 Å². The lowest BCUT2D eigenvalue weighted by atomic mass is 10.2. The monoisotopic (exact) mass is 177 g/mol. The van der Waals surface area contributed by atoms with Gasteiger partial charge in [0.15, 0.2) is 0 Å². The number of aliphatic hydroxyl groups excluding tert-OH is 1. The Morgan fingerprint density at radius 2 is 2.08 bits per heavy atom. The highest BCUT2D eigenvalue weighted by Gasteiger charge is 2.19. The third-order valence-electron chi connectivity index (χ3n) is 1.19. The van der Waals surface area contributed by atoms with Crippen molar-refractivity contribution in [2.24, 2.45) is 5.73 Å². The first-order chi connectivity index (χ1) is 5.43. The topological polar surface area (TPSA) is 92.8 Å². The third-order valence-corrected chi connectivity index (χ3v) is 1.19. The Labute approximate surface area is 71.1 Å². The molecule has 2 atom stereocenters. The number of hydrogen-bond donors (Lipinski definition) is 3. The van der Waals surface area contributed by atoms with E-state index >= 15 is 0 Å². The third kappa shape index (κ3) is 5.06. The Balaban J connectivity index is 3.76. The number of aliphatic carboxylic acids is 1. The van der Waals surface area contributed by atoms with Crippen molar-refractivity contribution in [1.82, 2.24) is 0 Å². The molecule has 0 aliphatic heterocycles. The number of carbonyl (C=O) groups is 1. The average Bonchev–Trinajstić information content (AvgIpc) is 1.84. The van der Waals surface area contributed by atoms with Gasteiger partial charge in [-0.25, -0.2) is 0 Å². The fourth-order valence-electron chi connectivity index (χ4n) is 0.700. The molecule has 0 aromatic heterocycles. The van der Waals surface area contributed by atoms with Gasteiger partial charge in [0.2, 0.25) is 0 Å². The molecule has 0 aromatic carbocycles. The van der Waals surface area contributed by atoms with Crippen molar-refractivity contribution >= 4 is 5.97 Å². The van der Waals surface area contributed by atoms with Gasteiger partial charge >= 0.3 is 5.97 Å². The van der Waals surface area contributed by atoms with Gasteiger partial charge in [0.05, 0.1) is 12.5 Å². The number of nitrogens with two attached hydrogens (primary N) is 1. The molecule has 4 N–H and O–H groups in total. The predicted molar refractivity (Wildman–Crippen MR) is 42.5 cm³/mol. The van der Waals surface area contributed by atoms with E-state index in [-0.39, 0.29) is 6.10 Å². The smallest absolute Gasteiger partial charge is 0.306 e. The molecule has 0 aromatic rings. The molecule has 0 unspecified atom stereocenters. The fourth-order valence-corrected chi connectivity index (χ4v) is 0.700. The summed E-state index contributed by atoms with van der Waals surface area (Å²) >= 11 is 0. The average molecular weight is 177 g/mol. The van der Waals surface area contributed by atoms with Crippen molar-refractivity contribution in [3.05, 3.63) is 0 Å². The second kappa shape index (κ2) is 5.08. The van der Waals surface area contributed by atoms with Crippen LogP contribution in [0, 0.1) is 0 Å². The van der Waals surface area contributed by atoms with Crippen LogP contribution in [0.15, 0.2) is 0 Å². The molecule has 0 radical (unpaired) electrons. The Morgan fingerprint density at radius 3 is 2.42 bits per heavy atom. The molecule has 12 heavy (non-hydrogen) atoms. The highest BCUT2D eigenvalue weighted by Crippen LogP contribution is 2.01. The Hall–Kier alpha value is -0.650. The predicted octanol–water partition coefficient (Wildman–Crippen LogP) is -0.468. The first-order valence-corrected chi connectivity index (χ1v) is 3.74. The van der Waals surface area contributed by atoms with Crippen molar-refractivity contribution in [3.8, 4) is 0 Å². The van der Waals surface area contributed by atoms with Crippen LogP contribution in [-0.4, -0.2) is 34.6 Å². The van der Waals surface area contributed by atoms with E-state index in [1.54, 1.807) is 13.8 Å². The van der Waals surface area contributed by atoms with Crippen LogP contribution < -0.4 is 5.73 Å². The molecule has 0 bridgehead atoms. The van der Waals surface area contributed by atoms with Crippen LogP contribution in [0.3, 0.4) is 0 Å². The molecule has 5 heteroatoms. The molecule has 0 spiro atoms. The van der Waals surface area contributed by atoms with Crippen molar-refractivity contribution in [3.63, 3.8) is 0 Å². The van der Waals surface area contributed by atoms with E-state index in [4.69, 9.17) is 20.7 Å². The van der Waals surface area contributed by atoms with Crippen molar-refractivity contribution in [2.45, 2.75) is 38.7 Å². The summed E-state index contributed by atoms with van der Waals surface area (Å²) in [6, 6.07) is 0. The van der Waals surface area contributed by atoms with Crippen LogP contribution in [0.4, 0.5) is 0 Å². The molecule has 0 aliphatic carbocycles. The fraction of sp³-hybridized carbons (Fsp3) is 0.857. The van der Waals surface area contributed by atoms with Crippen molar-refractivity contribution in [1.29, 1.82) is 0 Å². The lowest BCUT2D eigenvalue weighted by molar-refractivity contribution is -0.143. The highest BCUT2D eigenvalue weighted by atomic mass is 16.5. The van der Waals surface area contributed by atoms with Gasteiger partial charge in [0, 0.05) is 0 Å². The van der Waals surface area contributed by atoms with Gasteiger partial charge < -0.3 is 20.7 Å². The molecular weight excluding hydrogens is 162 g/mol. The van der Waals surface area contributed by atoms with E-state index in [1.807, 2.05) is 0 Å². The number of hydrogen-bond acceptors (Lipinski definition) is 4. The summed E-state index contributed by atoms with van der Waals surface area (Å²) in [5.74, 6) is -1.09. The molecule has 5 nitrogen and oxygen atoms in total. The van der Waals surface area contributed by atoms with Gasteiger partial charge in [-0.3, -0.25) is 4.79 Å². The van der Waals surface area contributed by atoms with E-state index in [0.29, 0.717) is 0 Å². The minimum Gasteiger partial charge on any atom is -0.481 e. The number of aliphatic hydroxyl groups is 1. The Morgan fingerprint density at radius 1 is 1.58 bits per heavy atom. The minimum atomic E-state index is -1.15. The van der Waals surface area contributed by atoms with Gasteiger partial charge in [-0.15, -0.1) is 0 Å². The summed E-state index contributed by atoms with van der Waals surface area (Å²) in [7, 11) is 0. The quantitative estimate of drug-likeness (QED) is 0.494. The zero-order valence-electron chi connectivity index (χ0n) is 7.23. The molecule has 0 aliphatic rings. The summed E-state index contributed by atoms with van der Waals surface area (Å²) in [6.45, 7) is 3.51. The van der Waals surface area contributed by atoms with Crippen LogP contribution in [0.2, 0.25) is 0 Å². The molecule has 0 fully saturated rings. The molecular formula is C7H15NO4. The maximum atomic E-state index is 10.1. The van der Waals surface area contributed by atoms with Crippen molar-refractivity contribution < 1.29 is 19.7 Å².